The minimum Gasteiger partial charge on any atom is 1.00 e. The molecule has 1 aromatic rings. The molecule has 0 amide bonds. The van der Waals surface area contributed by atoms with Crippen LogP contribution in [-0.2, 0) is 37.3 Å². The minimum atomic E-state index is -6.51. The van der Waals surface area contributed by atoms with Crippen molar-refractivity contribution in [1.82, 2.24) is 0 Å². The average molecular weight is 853 g/mol. The quantitative estimate of drug-likeness (QED) is 0.321. The van der Waals surface area contributed by atoms with Crippen molar-refractivity contribution >= 4 is 13.0 Å². The molecular formula is C32H45F12KO8Si. The number of hydrogen-bond acceptors (Lipinski definition) is 8. The molecule has 0 N–H and O–H groups in total. The van der Waals surface area contributed by atoms with Crippen LogP contribution in [0.1, 0.15) is 33.6 Å². The summed E-state index contributed by atoms with van der Waals surface area (Å²) < 4.78 is 210. The van der Waals surface area contributed by atoms with Gasteiger partial charge in [0.25, 0.3) is 0 Å². The molecule has 1 spiro atoms. The Morgan fingerprint density at radius 2 is 0.870 bits per heavy atom. The summed E-state index contributed by atoms with van der Waals surface area (Å²) in [6.07, 6.45) is -27.8. The van der Waals surface area contributed by atoms with Crippen LogP contribution in [0.5, 0.6) is 0 Å². The Morgan fingerprint density at radius 1 is 0.537 bits per heavy atom. The summed E-state index contributed by atoms with van der Waals surface area (Å²) in [7, 11) is -6.51. The first-order chi connectivity index (χ1) is 24.4. The average Bonchev–Trinajstić information content (AvgIpc) is 3.44. The van der Waals surface area contributed by atoms with Crippen molar-refractivity contribution in [3.8, 4) is 0 Å². The second-order valence-electron chi connectivity index (χ2n) is 14.0. The standard InChI is InChI=1S/C20H21F12O2Si.C12H24O6.K/c1-14(2,3)11-13-16(19(27,28)29,20(30,31)32)34-35(13,12-7-5-4-6-8-12)10-9-15(33-35,17(21,22)23)18(24,25)26;1-2-14-5-6-16-9-10-18-12-11-17-8-7-15-4-3-13-1;/h4-8,13H,9-11H2,1-3H3;1-12H2;/q-1;;+1/t13-;;/m1../s1. The van der Waals surface area contributed by atoms with Crippen LogP contribution in [0.15, 0.2) is 30.3 Å². The van der Waals surface area contributed by atoms with Crippen molar-refractivity contribution in [2.45, 2.75) is 81.1 Å². The summed E-state index contributed by atoms with van der Waals surface area (Å²) in [6.45, 7) is 10.7. The van der Waals surface area contributed by atoms with Crippen molar-refractivity contribution in [3.63, 3.8) is 0 Å². The molecule has 3 fully saturated rings. The Hall–Kier alpha value is -0.0868. The molecule has 3 heterocycles. The van der Waals surface area contributed by atoms with Crippen molar-refractivity contribution in [1.29, 1.82) is 0 Å². The molecule has 0 saturated carbocycles. The number of hydrogen-bond donors (Lipinski definition) is 0. The zero-order valence-corrected chi connectivity index (χ0v) is 34.5. The van der Waals surface area contributed by atoms with Gasteiger partial charge in [-0.15, -0.1) is 0 Å². The number of benzene rings is 1. The van der Waals surface area contributed by atoms with Gasteiger partial charge in [-0.05, 0) is 0 Å². The van der Waals surface area contributed by atoms with Crippen LogP contribution in [0.25, 0.3) is 0 Å². The molecule has 4 rings (SSSR count). The predicted octanol–water partition coefficient (Wildman–Crippen LogP) is 4.38. The zero-order valence-electron chi connectivity index (χ0n) is 30.4. The van der Waals surface area contributed by atoms with E-state index >= 15 is 0 Å². The smallest absolute Gasteiger partial charge is 1.00 e. The Kier molecular flexibility index (Phi) is 17.9. The molecule has 0 aliphatic carbocycles. The Labute approximate surface area is 348 Å². The van der Waals surface area contributed by atoms with Crippen molar-refractivity contribution in [2.75, 3.05) is 79.3 Å². The number of ether oxygens (including phenoxy) is 6. The topological polar surface area (TPSA) is 73.8 Å². The third-order valence-electron chi connectivity index (χ3n) is 9.12. The van der Waals surface area contributed by atoms with Crippen LogP contribution >= 0.6 is 0 Å². The largest absolute Gasteiger partial charge is 1.00 e. The van der Waals surface area contributed by atoms with Gasteiger partial charge in [0, 0.05) is 0 Å². The summed E-state index contributed by atoms with van der Waals surface area (Å²) in [5, 5.41) is -0.652. The van der Waals surface area contributed by atoms with Crippen LogP contribution < -0.4 is 56.6 Å². The number of alkyl halides is 12. The molecule has 22 heteroatoms. The van der Waals surface area contributed by atoms with E-state index in [2.05, 4.69) is 4.43 Å². The summed E-state index contributed by atoms with van der Waals surface area (Å²) in [5.74, 6) is 0. The van der Waals surface area contributed by atoms with E-state index in [1.807, 2.05) is 0 Å². The molecule has 0 unspecified atom stereocenters. The number of rotatable bonds is 2. The third kappa shape index (κ3) is 10.9. The first kappa shape index (κ1) is 50.1. The van der Waals surface area contributed by atoms with Crippen molar-refractivity contribution in [2.24, 2.45) is 5.41 Å². The summed E-state index contributed by atoms with van der Waals surface area (Å²) in [4.78, 5) is 0. The molecule has 1 atom stereocenters. The first-order valence-corrected chi connectivity index (χ1v) is 19.4. The van der Waals surface area contributed by atoms with Gasteiger partial charge in [0.15, 0.2) is 0 Å². The number of halogens is 12. The summed E-state index contributed by atoms with van der Waals surface area (Å²) in [5.41, 5.74) is -14.3. The SMILES string of the molecule is C1COCCOCCOCCOCCOCCO1.CC(C)(C)C[C@@H]1C(C(F)(F)F)(C(F)(F)F)O[Si-]12(c1ccccc1)CCC(C(F)(F)F)(C(F)(F)F)O2.[K+]. The van der Waals surface area contributed by atoms with Crippen LogP contribution in [0.4, 0.5) is 52.7 Å². The monoisotopic (exact) mass is 852 g/mol. The fraction of sp³-hybridized carbons (Fsp3) is 0.812. The molecule has 3 aliphatic heterocycles. The van der Waals surface area contributed by atoms with Crippen molar-refractivity contribution in [3.05, 3.63) is 30.3 Å². The van der Waals surface area contributed by atoms with Crippen LogP contribution in [-0.4, -0.2) is 123 Å². The van der Waals surface area contributed by atoms with Gasteiger partial charge < -0.3 is 28.4 Å². The van der Waals surface area contributed by atoms with E-state index in [-0.39, 0.29) is 51.4 Å². The molecule has 0 bridgehead atoms. The van der Waals surface area contributed by atoms with E-state index in [1.165, 1.54) is 26.8 Å². The molecule has 310 valence electrons. The Bertz CT molecular complexity index is 1180. The Morgan fingerprint density at radius 3 is 1.13 bits per heavy atom. The van der Waals surface area contributed by atoms with Gasteiger partial charge in [-0.2, -0.15) is 0 Å². The molecule has 0 aromatic heterocycles. The van der Waals surface area contributed by atoms with Crippen LogP contribution in [0.3, 0.4) is 0 Å². The van der Waals surface area contributed by atoms with Gasteiger partial charge in [0.1, 0.15) is 0 Å². The summed E-state index contributed by atoms with van der Waals surface area (Å²) >= 11 is 0. The fourth-order valence-corrected chi connectivity index (χ4v) is 14.6. The van der Waals surface area contributed by atoms with Crippen LogP contribution in [0.2, 0.25) is 11.6 Å². The maximum atomic E-state index is 14.1. The first-order valence-electron chi connectivity index (χ1n) is 16.8. The third-order valence-corrected chi connectivity index (χ3v) is 15.4. The Balaban J connectivity index is 0.000000449. The summed E-state index contributed by atoms with van der Waals surface area (Å²) in [6, 6.07) is 3.72. The second kappa shape index (κ2) is 19.3. The van der Waals surface area contributed by atoms with Gasteiger partial charge in [0.2, 0.25) is 0 Å². The zero-order chi connectivity index (χ0) is 39.9. The van der Waals surface area contributed by atoms with Crippen molar-refractivity contribution < 1.29 is 141 Å². The maximum Gasteiger partial charge on any atom is 1.00 e. The molecule has 0 radical (unpaired) electrons. The molecular weight excluding hydrogens is 808 g/mol. The van der Waals surface area contributed by atoms with E-state index in [0.29, 0.717) is 79.3 Å². The van der Waals surface area contributed by atoms with Gasteiger partial charge in [-0.3, -0.25) is 0 Å². The molecule has 3 aliphatic rings. The predicted molar refractivity (Wildman–Crippen MR) is 166 cm³/mol. The molecule has 54 heavy (non-hydrogen) atoms. The second-order valence-corrected chi connectivity index (χ2v) is 18.8. The molecule has 3 saturated heterocycles. The molecule has 8 nitrogen and oxygen atoms in total. The van der Waals surface area contributed by atoms with Gasteiger partial charge in [0.05, 0.1) is 79.3 Å². The van der Waals surface area contributed by atoms with E-state index in [4.69, 9.17) is 32.8 Å². The fourth-order valence-electron chi connectivity index (χ4n) is 6.83. The van der Waals surface area contributed by atoms with E-state index < -0.39 is 78.8 Å². The van der Waals surface area contributed by atoms with Gasteiger partial charge in [-0.25, -0.2) is 0 Å². The van der Waals surface area contributed by atoms with Gasteiger partial charge in [-0.1, -0.05) is 0 Å². The van der Waals surface area contributed by atoms with Gasteiger partial charge >= 0.3 is 243 Å². The normalized spacial score (nSPS) is 25.6. The maximum absolute atomic E-state index is 14.1. The van der Waals surface area contributed by atoms with E-state index in [0.717, 1.165) is 24.3 Å². The van der Waals surface area contributed by atoms with E-state index in [9.17, 15) is 52.7 Å². The van der Waals surface area contributed by atoms with Crippen LogP contribution in [0, 0.1) is 5.41 Å². The molecule has 1 aromatic carbocycles. The minimum absolute atomic E-state index is 0. The van der Waals surface area contributed by atoms with E-state index in [1.54, 1.807) is 0 Å².